The van der Waals surface area contributed by atoms with Gasteiger partial charge in [-0.25, -0.2) is 0 Å². The highest BCUT2D eigenvalue weighted by Crippen LogP contribution is 2.36. The van der Waals surface area contributed by atoms with Crippen molar-refractivity contribution < 1.29 is 0 Å². The summed E-state index contributed by atoms with van der Waals surface area (Å²) in [6.45, 7) is 2.22. The molecule has 3 rings (SSSR count). The molecule has 3 heteroatoms. The number of likely N-dealkylation sites (tertiary alicyclic amines) is 1. The Morgan fingerprint density at radius 1 is 1.14 bits per heavy atom. The Morgan fingerprint density at radius 2 is 1.86 bits per heavy atom. The summed E-state index contributed by atoms with van der Waals surface area (Å²) in [5, 5.41) is 0. The molecule has 2 nitrogen and oxygen atoms in total. The number of nitrogens with two attached hydrogens (primary N) is 1. The minimum atomic E-state index is 0.196. The van der Waals surface area contributed by atoms with Gasteiger partial charge in [0.15, 0.2) is 0 Å². The van der Waals surface area contributed by atoms with E-state index in [4.69, 9.17) is 18.0 Å². The highest BCUT2D eigenvalue weighted by atomic mass is 32.1. The Kier molecular flexibility index (Phi) is 4.91. The van der Waals surface area contributed by atoms with Gasteiger partial charge in [-0.15, -0.1) is 0 Å². The molecule has 0 aromatic heterocycles. The van der Waals surface area contributed by atoms with E-state index in [1.807, 2.05) is 0 Å². The van der Waals surface area contributed by atoms with Gasteiger partial charge in [-0.3, -0.25) is 4.90 Å². The van der Waals surface area contributed by atoms with Crippen LogP contribution in [0.5, 0.6) is 0 Å². The Bertz CT molecular complexity index is 471. The average Bonchev–Trinajstić information content (AvgIpc) is 2.53. The van der Waals surface area contributed by atoms with Gasteiger partial charge in [0.25, 0.3) is 0 Å². The average molecular weight is 302 g/mol. The molecule has 1 unspecified atom stereocenters. The van der Waals surface area contributed by atoms with Gasteiger partial charge in [0.2, 0.25) is 0 Å². The van der Waals surface area contributed by atoms with Gasteiger partial charge >= 0.3 is 0 Å². The van der Waals surface area contributed by atoms with E-state index in [1.165, 1.54) is 50.6 Å². The topological polar surface area (TPSA) is 29.3 Å². The van der Waals surface area contributed by atoms with Crippen LogP contribution in [0.4, 0.5) is 0 Å². The third kappa shape index (κ3) is 3.46. The largest absolute Gasteiger partial charge is 0.393 e. The van der Waals surface area contributed by atoms with Crippen LogP contribution >= 0.6 is 12.2 Å². The molecule has 1 heterocycles. The molecule has 1 saturated heterocycles. The number of benzene rings is 1. The number of thiocarbonyl (C=S) groups is 1. The first-order chi connectivity index (χ1) is 10.3. The van der Waals surface area contributed by atoms with Gasteiger partial charge in [-0.2, -0.15) is 0 Å². The van der Waals surface area contributed by atoms with Crippen LogP contribution in [0.3, 0.4) is 0 Å². The molecule has 0 amide bonds. The number of hydrogen-bond donors (Lipinski definition) is 1. The maximum Gasteiger partial charge on any atom is 0.0816 e. The predicted molar refractivity (Wildman–Crippen MR) is 92.5 cm³/mol. The standard InChI is InChI=1S/C18H26N2S/c19-18(21)16(14-7-2-1-3-8-14)13-20-12-6-10-15-9-4-5-11-17(15)20/h1-3,7-8,15-17H,4-6,9-13H2,(H2,19,21)/t15-,16?,17-/m1/s1. The predicted octanol–water partition coefficient (Wildman–Crippen LogP) is 3.71. The zero-order valence-corrected chi connectivity index (χ0v) is 13.5. The number of hydrogen-bond acceptors (Lipinski definition) is 2. The first-order valence-electron chi connectivity index (χ1n) is 8.34. The third-order valence-electron chi connectivity index (χ3n) is 5.32. The minimum Gasteiger partial charge on any atom is -0.393 e. The fourth-order valence-electron chi connectivity index (χ4n) is 4.23. The Labute approximate surface area is 133 Å². The van der Waals surface area contributed by atoms with Gasteiger partial charge in [0, 0.05) is 18.5 Å². The molecule has 0 bridgehead atoms. The van der Waals surface area contributed by atoms with E-state index in [2.05, 4.69) is 35.2 Å². The van der Waals surface area contributed by atoms with Crippen LogP contribution in [0.2, 0.25) is 0 Å². The van der Waals surface area contributed by atoms with Crippen molar-refractivity contribution in [3.63, 3.8) is 0 Å². The maximum atomic E-state index is 6.06. The first kappa shape index (κ1) is 15.0. The molecule has 2 fully saturated rings. The first-order valence-corrected chi connectivity index (χ1v) is 8.75. The summed E-state index contributed by atoms with van der Waals surface area (Å²) >= 11 is 5.37. The van der Waals surface area contributed by atoms with Crippen LogP contribution in [0.25, 0.3) is 0 Å². The third-order valence-corrected chi connectivity index (χ3v) is 5.61. The number of piperidine rings is 1. The Morgan fingerprint density at radius 3 is 2.62 bits per heavy atom. The second-order valence-corrected chi connectivity index (χ2v) is 7.09. The normalized spacial score (nSPS) is 27.8. The molecule has 0 radical (unpaired) electrons. The molecule has 2 aliphatic rings. The summed E-state index contributed by atoms with van der Waals surface area (Å²) in [4.78, 5) is 3.32. The highest BCUT2D eigenvalue weighted by Gasteiger charge is 2.34. The molecule has 21 heavy (non-hydrogen) atoms. The second kappa shape index (κ2) is 6.89. The quantitative estimate of drug-likeness (QED) is 0.860. The SMILES string of the molecule is NC(=S)C(CN1CCC[C@H]2CCCC[C@H]21)c1ccccc1. The van der Waals surface area contributed by atoms with Crippen molar-refractivity contribution in [2.75, 3.05) is 13.1 Å². The number of fused-ring (bicyclic) bond motifs is 1. The van der Waals surface area contributed by atoms with Crippen molar-refractivity contribution in [1.82, 2.24) is 4.90 Å². The van der Waals surface area contributed by atoms with Gasteiger partial charge in [-0.05, 0) is 43.7 Å². The van der Waals surface area contributed by atoms with E-state index in [1.54, 1.807) is 0 Å². The molecule has 2 N–H and O–H groups in total. The van der Waals surface area contributed by atoms with Gasteiger partial charge < -0.3 is 5.73 Å². The molecular formula is C18H26N2S. The maximum absolute atomic E-state index is 6.06. The summed E-state index contributed by atoms with van der Waals surface area (Å²) in [5.41, 5.74) is 7.33. The highest BCUT2D eigenvalue weighted by molar-refractivity contribution is 7.80. The van der Waals surface area contributed by atoms with Crippen molar-refractivity contribution in [3.05, 3.63) is 35.9 Å². The van der Waals surface area contributed by atoms with E-state index in [9.17, 15) is 0 Å². The lowest BCUT2D eigenvalue weighted by Gasteiger charge is -2.45. The second-order valence-electron chi connectivity index (χ2n) is 6.61. The molecule has 0 spiro atoms. The van der Waals surface area contributed by atoms with Crippen molar-refractivity contribution in [2.24, 2.45) is 11.7 Å². The van der Waals surface area contributed by atoms with Crippen molar-refractivity contribution in [3.8, 4) is 0 Å². The fourth-order valence-corrected chi connectivity index (χ4v) is 4.44. The smallest absolute Gasteiger partial charge is 0.0816 e. The zero-order valence-electron chi connectivity index (χ0n) is 12.7. The molecule has 1 aliphatic heterocycles. The van der Waals surface area contributed by atoms with E-state index < -0.39 is 0 Å². The van der Waals surface area contributed by atoms with Crippen LogP contribution < -0.4 is 5.73 Å². The van der Waals surface area contributed by atoms with Crippen LogP contribution in [0, 0.1) is 5.92 Å². The lowest BCUT2D eigenvalue weighted by atomic mass is 9.78. The number of nitrogens with zero attached hydrogens (tertiary/aromatic N) is 1. The van der Waals surface area contributed by atoms with Gasteiger partial charge in [-0.1, -0.05) is 55.4 Å². The van der Waals surface area contributed by atoms with E-state index in [0.717, 1.165) is 18.5 Å². The molecule has 1 aromatic rings. The van der Waals surface area contributed by atoms with Crippen LogP contribution in [-0.2, 0) is 0 Å². The van der Waals surface area contributed by atoms with Gasteiger partial charge in [0.1, 0.15) is 0 Å². The summed E-state index contributed by atoms with van der Waals surface area (Å²) in [7, 11) is 0. The molecule has 1 aromatic carbocycles. The summed E-state index contributed by atoms with van der Waals surface area (Å²) in [6.07, 6.45) is 8.35. The van der Waals surface area contributed by atoms with E-state index in [-0.39, 0.29) is 5.92 Å². The molecular weight excluding hydrogens is 276 g/mol. The summed E-state index contributed by atoms with van der Waals surface area (Å²) < 4.78 is 0. The van der Waals surface area contributed by atoms with Gasteiger partial charge in [0.05, 0.1) is 4.99 Å². The van der Waals surface area contributed by atoms with Crippen LogP contribution in [0.1, 0.15) is 50.0 Å². The Balaban J connectivity index is 1.74. The van der Waals surface area contributed by atoms with Crippen LogP contribution in [-0.4, -0.2) is 29.0 Å². The monoisotopic (exact) mass is 302 g/mol. The zero-order chi connectivity index (χ0) is 14.7. The molecule has 3 atom stereocenters. The van der Waals surface area contributed by atoms with Crippen molar-refractivity contribution in [2.45, 2.75) is 50.5 Å². The lowest BCUT2D eigenvalue weighted by Crippen LogP contribution is -2.49. The summed E-state index contributed by atoms with van der Waals surface area (Å²) in [5.74, 6) is 1.11. The van der Waals surface area contributed by atoms with Crippen molar-refractivity contribution >= 4 is 17.2 Å². The van der Waals surface area contributed by atoms with E-state index in [0.29, 0.717) is 4.99 Å². The van der Waals surface area contributed by atoms with E-state index >= 15 is 0 Å². The van der Waals surface area contributed by atoms with Crippen molar-refractivity contribution in [1.29, 1.82) is 0 Å². The minimum absolute atomic E-state index is 0.196. The molecule has 114 valence electrons. The fraction of sp³-hybridized carbons (Fsp3) is 0.611. The van der Waals surface area contributed by atoms with Crippen LogP contribution in [0.15, 0.2) is 30.3 Å². The molecule has 1 saturated carbocycles. The Hall–Kier alpha value is -0.930. The summed E-state index contributed by atoms with van der Waals surface area (Å²) in [6, 6.07) is 11.3. The number of rotatable bonds is 4. The molecule has 1 aliphatic carbocycles. The lowest BCUT2D eigenvalue weighted by molar-refractivity contribution is 0.0602.